The minimum absolute atomic E-state index is 0.0424. The third kappa shape index (κ3) is 1.17. The highest BCUT2D eigenvalue weighted by Crippen LogP contribution is 2.14. The van der Waals surface area contributed by atoms with Crippen molar-refractivity contribution in [3.63, 3.8) is 0 Å². The maximum Gasteiger partial charge on any atom is 0.0995 e. The predicted octanol–water partition coefficient (Wildman–Crippen LogP) is 1.48. The molecule has 2 aromatic rings. The average Bonchev–Trinajstić information content (AvgIpc) is 2.43. The molecule has 2 rings (SSSR count). The number of rotatable bonds is 1. The zero-order valence-electron chi connectivity index (χ0n) is 6.24. The molecule has 1 N–H and O–H groups in total. The number of hydrogen-bond acceptors (Lipinski definition) is 2. The molecule has 0 aliphatic rings. The Hall–Kier alpha value is -1.06. The summed E-state index contributed by atoms with van der Waals surface area (Å²) >= 11 is 5.77. The van der Waals surface area contributed by atoms with Crippen LogP contribution < -0.4 is 0 Å². The lowest BCUT2D eigenvalue weighted by Gasteiger charge is -1.95. The van der Waals surface area contributed by atoms with Crippen molar-refractivity contribution in [2.24, 2.45) is 0 Å². The largest absolute Gasteiger partial charge is 0.390 e. The standard InChI is InChI=1S/C8H7ClN2O/c9-6-1-8-2-7(4-12)10-5-11(8)3-6/h1-3,5,12H,4H2. The van der Waals surface area contributed by atoms with E-state index in [4.69, 9.17) is 16.7 Å². The van der Waals surface area contributed by atoms with Gasteiger partial charge in [0.25, 0.3) is 0 Å². The summed E-state index contributed by atoms with van der Waals surface area (Å²) < 4.78 is 1.81. The van der Waals surface area contributed by atoms with Crippen LogP contribution in [0, 0.1) is 0 Å². The van der Waals surface area contributed by atoms with Crippen LogP contribution in [0.5, 0.6) is 0 Å². The van der Waals surface area contributed by atoms with Gasteiger partial charge in [0.05, 0.1) is 23.7 Å². The Morgan fingerprint density at radius 1 is 1.50 bits per heavy atom. The second-order valence-electron chi connectivity index (χ2n) is 2.53. The molecule has 2 heterocycles. The number of nitrogens with zero attached hydrogens (tertiary/aromatic N) is 2. The topological polar surface area (TPSA) is 37.5 Å². The molecule has 2 aromatic heterocycles. The summed E-state index contributed by atoms with van der Waals surface area (Å²) in [5.41, 5.74) is 1.59. The van der Waals surface area contributed by atoms with E-state index in [2.05, 4.69) is 4.98 Å². The van der Waals surface area contributed by atoms with E-state index in [-0.39, 0.29) is 6.61 Å². The second-order valence-corrected chi connectivity index (χ2v) is 2.97. The fourth-order valence-corrected chi connectivity index (χ4v) is 1.32. The summed E-state index contributed by atoms with van der Waals surface area (Å²) in [5.74, 6) is 0. The van der Waals surface area contributed by atoms with Crippen molar-refractivity contribution in [3.05, 3.63) is 35.4 Å². The van der Waals surface area contributed by atoms with Crippen LogP contribution in [0.1, 0.15) is 5.69 Å². The molecule has 0 aliphatic carbocycles. The second kappa shape index (κ2) is 2.77. The fraction of sp³-hybridized carbons (Fsp3) is 0.125. The molecule has 4 heteroatoms. The molecule has 0 saturated carbocycles. The Bertz CT molecular complexity index is 410. The van der Waals surface area contributed by atoms with E-state index < -0.39 is 0 Å². The molecule has 12 heavy (non-hydrogen) atoms. The van der Waals surface area contributed by atoms with Gasteiger partial charge in [0, 0.05) is 11.7 Å². The molecule has 3 nitrogen and oxygen atoms in total. The average molecular weight is 183 g/mol. The van der Waals surface area contributed by atoms with Crippen molar-refractivity contribution in [2.75, 3.05) is 0 Å². The van der Waals surface area contributed by atoms with Gasteiger partial charge in [0.15, 0.2) is 0 Å². The molecule has 0 atom stereocenters. The smallest absolute Gasteiger partial charge is 0.0995 e. The molecule has 0 aliphatic heterocycles. The Morgan fingerprint density at radius 2 is 2.33 bits per heavy atom. The van der Waals surface area contributed by atoms with Gasteiger partial charge in [-0.05, 0) is 12.1 Å². The van der Waals surface area contributed by atoms with Crippen LogP contribution in [0.4, 0.5) is 0 Å². The van der Waals surface area contributed by atoms with Gasteiger partial charge < -0.3 is 9.51 Å². The Kier molecular flexibility index (Phi) is 1.75. The summed E-state index contributed by atoms with van der Waals surface area (Å²) in [6, 6.07) is 3.62. The maximum absolute atomic E-state index is 8.80. The lowest BCUT2D eigenvalue weighted by molar-refractivity contribution is 0.276. The highest BCUT2D eigenvalue weighted by atomic mass is 35.5. The Morgan fingerprint density at radius 3 is 3.08 bits per heavy atom. The van der Waals surface area contributed by atoms with Gasteiger partial charge in [-0.15, -0.1) is 0 Å². The molecule has 0 saturated heterocycles. The lowest BCUT2D eigenvalue weighted by atomic mass is 10.4. The first kappa shape index (κ1) is 7.58. The lowest BCUT2D eigenvalue weighted by Crippen LogP contribution is -1.91. The summed E-state index contributed by atoms with van der Waals surface area (Å²) in [6.07, 6.45) is 3.40. The first-order chi connectivity index (χ1) is 5.79. The molecule has 0 radical (unpaired) electrons. The molecule has 0 fully saturated rings. The van der Waals surface area contributed by atoms with E-state index in [1.54, 1.807) is 18.6 Å². The predicted molar refractivity (Wildman–Crippen MR) is 46.1 cm³/mol. The van der Waals surface area contributed by atoms with Gasteiger partial charge >= 0.3 is 0 Å². The molecule has 0 amide bonds. The van der Waals surface area contributed by atoms with Crippen LogP contribution in [0.2, 0.25) is 5.02 Å². The zero-order chi connectivity index (χ0) is 8.55. The Balaban J connectivity index is 2.66. The van der Waals surface area contributed by atoms with Gasteiger partial charge in [-0.1, -0.05) is 11.6 Å². The van der Waals surface area contributed by atoms with Gasteiger partial charge in [-0.3, -0.25) is 0 Å². The molecule has 0 unspecified atom stereocenters. The van der Waals surface area contributed by atoms with Gasteiger partial charge in [-0.2, -0.15) is 0 Å². The van der Waals surface area contributed by atoms with Crippen LogP contribution in [-0.2, 0) is 6.61 Å². The number of hydrogen-bond donors (Lipinski definition) is 1. The van der Waals surface area contributed by atoms with Crippen molar-refractivity contribution < 1.29 is 5.11 Å². The van der Waals surface area contributed by atoms with E-state index in [9.17, 15) is 0 Å². The number of aliphatic hydroxyl groups is 1. The third-order valence-corrected chi connectivity index (χ3v) is 1.88. The molecular formula is C8H7ClN2O. The molecular weight excluding hydrogens is 176 g/mol. The fourth-order valence-electron chi connectivity index (χ4n) is 1.11. The zero-order valence-corrected chi connectivity index (χ0v) is 6.99. The third-order valence-electron chi connectivity index (χ3n) is 1.67. The summed E-state index contributed by atoms with van der Waals surface area (Å²) in [7, 11) is 0. The van der Waals surface area contributed by atoms with Crippen LogP contribution >= 0.6 is 11.6 Å². The summed E-state index contributed by atoms with van der Waals surface area (Å²) in [4.78, 5) is 3.99. The minimum Gasteiger partial charge on any atom is -0.390 e. The van der Waals surface area contributed by atoms with Crippen molar-refractivity contribution in [1.82, 2.24) is 9.38 Å². The monoisotopic (exact) mass is 182 g/mol. The van der Waals surface area contributed by atoms with E-state index >= 15 is 0 Å². The summed E-state index contributed by atoms with van der Waals surface area (Å²) in [5, 5.41) is 9.47. The molecule has 0 bridgehead atoms. The van der Waals surface area contributed by atoms with Crippen LogP contribution in [0.25, 0.3) is 5.52 Å². The van der Waals surface area contributed by atoms with Crippen molar-refractivity contribution in [2.45, 2.75) is 6.61 Å². The Labute approximate surface area is 74.2 Å². The molecule has 0 aromatic carbocycles. The highest BCUT2D eigenvalue weighted by Gasteiger charge is 1.98. The van der Waals surface area contributed by atoms with Gasteiger partial charge in [0.1, 0.15) is 0 Å². The van der Waals surface area contributed by atoms with Crippen LogP contribution in [0.3, 0.4) is 0 Å². The van der Waals surface area contributed by atoms with Crippen LogP contribution in [-0.4, -0.2) is 14.5 Å². The minimum atomic E-state index is -0.0424. The van der Waals surface area contributed by atoms with Crippen molar-refractivity contribution in [3.8, 4) is 0 Å². The molecule has 0 spiro atoms. The summed E-state index contributed by atoms with van der Waals surface area (Å²) in [6.45, 7) is -0.0424. The highest BCUT2D eigenvalue weighted by molar-refractivity contribution is 6.31. The van der Waals surface area contributed by atoms with E-state index in [0.29, 0.717) is 10.7 Å². The number of aliphatic hydroxyl groups excluding tert-OH is 1. The van der Waals surface area contributed by atoms with Gasteiger partial charge in [-0.25, -0.2) is 4.98 Å². The molecule has 62 valence electrons. The van der Waals surface area contributed by atoms with E-state index in [1.165, 1.54) is 0 Å². The normalized spacial score (nSPS) is 10.8. The number of aromatic nitrogens is 2. The quantitative estimate of drug-likeness (QED) is 0.726. The van der Waals surface area contributed by atoms with Gasteiger partial charge in [0.2, 0.25) is 0 Å². The first-order valence-corrected chi connectivity index (χ1v) is 3.90. The van der Waals surface area contributed by atoms with Crippen LogP contribution in [0.15, 0.2) is 24.7 Å². The maximum atomic E-state index is 8.80. The van der Waals surface area contributed by atoms with Crippen molar-refractivity contribution in [1.29, 1.82) is 0 Å². The number of halogens is 1. The van der Waals surface area contributed by atoms with E-state index in [0.717, 1.165) is 5.52 Å². The van der Waals surface area contributed by atoms with E-state index in [1.807, 2.05) is 10.5 Å². The first-order valence-electron chi connectivity index (χ1n) is 3.52. The SMILES string of the molecule is OCc1cc2cc(Cl)cn2cn1. The van der Waals surface area contributed by atoms with Crippen molar-refractivity contribution >= 4 is 17.1 Å². The number of fused-ring (bicyclic) bond motifs is 1.